The van der Waals surface area contributed by atoms with Gasteiger partial charge in [-0.15, -0.1) is 11.8 Å². The van der Waals surface area contributed by atoms with Gasteiger partial charge in [0.1, 0.15) is 0 Å². The van der Waals surface area contributed by atoms with Crippen LogP contribution in [0.1, 0.15) is 19.4 Å². The molecular formula is C20H21ClN2O4S. The quantitative estimate of drug-likeness (QED) is 0.628. The molecule has 2 rings (SSSR count). The Morgan fingerprint density at radius 3 is 2.25 bits per heavy atom. The van der Waals surface area contributed by atoms with Crippen LogP contribution in [0.15, 0.2) is 48.5 Å². The molecule has 0 spiro atoms. The molecule has 0 aliphatic rings. The molecule has 28 heavy (non-hydrogen) atoms. The third kappa shape index (κ3) is 7.25. The van der Waals surface area contributed by atoms with Gasteiger partial charge in [-0.1, -0.05) is 29.8 Å². The van der Waals surface area contributed by atoms with Gasteiger partial charge >= 0.3 is 5.97 Å². The number of hydrogen-bond acceptors (Lipinski definition) is 5. The molecule has 2 amide bonds. The summed E-state index contributed by atoms with van der Waals surface area (Å²) in [6.07, 6.45) is -0.927. The van der Waals surface area contributed by atoms with E-state index in [1.165, 1.54) is 25.6 Å². The van der Waals surface area contributed by atoms with Crippen LogP contribution in [-0.4, -0.2) is 29.6 Å². The van der Waals surface area contributed by atoms with Crippen molar-refractivity contribution in [2.75, 3.05) is 16.4 Å². The van der Waals surface area contributed by atoms with Crippen molar-refractivity contribution < 1.29 is 19.1 Å². The monoisotopic (exact) mass is 420 g/mol. The maximum atomic E-state index is 12.2. The molecule has 0 bridgehead atoms. The lowest BCUT2D eigenvalue weighted by molar-refractivity contribution is -0.150. The molecule has 0 aromatic heterocycles. The highest BCUT2D eigenvalue weighted by molar-refractivity contribution is 7.99. The lowest BCUT2D eigenvalue weighted by Crippen LogP contribution is -2.30. The zero-order valence-electron chi connectivity index (χ0n) is 15.5. The van der Waals surface area contributed by atoms with Gasteiger partial charge < -0.3 is 15.4 Å². The molecule has 0 saturated carbocycles. The first-order chi connectivity index (χ1) is 13.3. The van der Waals surface area contributed by atoms with Crippen molar-refractivity contribution in [2.45, 2.75) is 25.7 Å². The minimum absolute atomic E-state index is 0.119. The van der Waals surface area contributed by atoms with Crippen molar-refractivity contribution in [3.05, 3.63) is 59.1 Å². The van der Waals surface area contributed by atoms with Crippen molar-refractivity contribution >= 4 is 52.5 Å². The molecule has 0 heterocycles. The Hall–Kier alpha value is -2.51. The summed E-state index contributed by atoms with van der Waals surface area (Å²) in [6.45, 7) is 2.93. The number of esters is 1. The molecule has 2 N–H and O–H groups in total. The Bertz CT molecular complexity index is 842. The maximum Gasteiger partial charge on any atom is 0.316 e. The van der Waals surface area contributed by atoms with Crippen LogP contribution < -0.4 is 10.6 Å². The fourth-order valence-electron chi connectivity index (χ4n) is 2.23. The molecule has 0 radical (unpaired) electrons. The number of halogens is 1. The summed E-state index contributed by atoms with van der Waals surface area (Å²) < 4.78 is 5.17. The maximum absolute atomic E-state index is 12.2. The number of rotatable bonds is 8. The summed E-state index contributed by atoms with van der Waals surface area (Å²) >= 11 is 7.44. The molecular weight excluding hydrogens is 400 g/mol. The summed E-state index contributed by atoms with van der Waals surface area (Å²) in [7, 11) is 0. The molecule has 0 aliphatic carbocycles. The third-order valence-electron chi connectivity index (χ3n) is 3.59. The third-order valence-corrected chi connectivity index (χ3v) is 4.91. The first-order valence-corrected chi connectivity index (χ1v) is 10.1. The van der Waals surface area contributed by atoms with E-state index in [-0.39, 0.29) is 11.7 Å². The van der Waals surface area contributed by atoms with E-state index in [4.69, 9.17) is 16.3 Å². The first-order valence-electron chi connectivity index (χ1n) is 8.54. The Morgan fingerprint density at radius 1 is 1.04 bits per heavy atom. The normalized spacial score (nSPS) is 11.4. The smallest absolute Gasteiger partial charge is 0.316 e. The van der Waals surface area contributed by atoms with E-state index >= 15 is 0 Å². The van der Waals surface area contributed by atoms with Gasteiger partial charge in [0.15, 0.2) is 6.10 Å². The van der Waals surface area contributed by atoms with Gasteiger partial charge in [0.25, 0.3) is 5.91 Å². The van der Waals surface area contributed by atoms with Gasteiger partial charge in [-0.05, 0) is 42.8 Å². The van der Waals surface area contributed by atoms with Crippen LogP contribution in [0.5, 0.6) is 0 Å². The molecule has 0 aliphatic heterocycles. The van der Waals surface area contributed by atoms with Gasteiger partial charge in [-0.3, -0.25) is 14.4 Å². The number of thioether (sulfide) groups is 1. The number of nitrogens with one attached hydrogen (secondary N) is 2. The standard InChI is InChI=1S/C20H21ClN2O4S/c1-13(20(26)23-17-9-7-16(8-10-17)22-14(2)24)27-19(25)12-28-11-15-5-3-4-6-18(15)21/h3-10,13H,11-12H2,1-2H3,(H,22,24)(H,23,26)/t13-/m1/s1. The fourth-order valence-corrected chi connectivity index (χ4v) is 3.32. The van der Waals surface area contributed by atoms with Crippen LogP contribution in [0.3, 0.4) is 0 Å². The predicted octanol–water partition coefficient (Wildman–Crippen LogP) is 4.10. The number of anilines is 2. The van der Waals surface area contributed by atoms with E-state index < -0.39 is 18.0 Å². The Kier molecular flexibility index (Phi) is 8.35. The van der Waals surface area contributed by atoms with Crippen molar-refractivity contribution in [3.8, 4) is 0 Å². The number of hydrogen-bond donors (Lipinski definition) is 2. The Balaban J connectivity index is 1.75. The second-order valence-corrected chi connectivity index (χ2v) is 7.36. The zero-order valence-corrected chi connectivity index (χ0v) is 17.1. The lowest BCUT2D eigenvalue weighted by Gasteiger charge is -2.14. The summed E-state index contributed by atoms with van der Waals surface area (Å²) in [4.78, 5) is 35.1. The zero-order chi connectivity index (χ0) is 20.5. The molecule has 0 unspecified atom stereocenters. The van der Waals surface area contributed by atoms with Crippen molar-refractivity contribution in [2.24, 2.45) is 0 Å². The van der Waals surface area contributed by atoms with Crippen LogP contribution in [-0.2, 0) is 24.9 Å². The van der Waals surface area contributed by atoms with Crippen molar-refractivity contribution in [1.29, 1.82) is 0 Å². The summed E-state index contributed by atoms with van der Waals surface area (Å²) in [6, 6.07) is 14.1. The molecule has 148 valence electrons. The second-order valence-electron chi connectivity index (χ2n) is 5.96. The minimum Gasteiger partial charge on any atom is -0.452 e. The number of carbonyl (C=O) groups is 3. The van der Waals surface area contributed by atoms with E-state index in [0.717, 1.165) is 5.56 Å². The highest BCUT2D eigenvalue weighted by atomic mass is 35.5. The topological polar surface area (TPSA) is 84.5 Å². The van der Waals surface area contributed by atoms with Gasteiger partial charge in [0.2, 0.25) is 5.91 Å². The van der Waals surface area contributed by atoms with Crippen LogP contribution in [0, 0.1) is 0 Å². The van der Waals surface area contributed by atoms with E-state index in [0.29, 0.717) is 22.2 Å². The fraction of sp³-hybridized carbons (Fsp3) is 0.250. The number of ether oxygens (including phenoxy) is 1. The molecule has 2 aromatic rings. The van der Waals surface area contributed by atoms with Crippen molar-refractivity contribution in [1.82, 2.24) is 0 Å². The van der Waals surface area contributed by atoms with Crippen LogP contribution in [0.25, 0.3) is 0 Å². The van der Waals surface area contributed by atoms with Gasteiger partial charge in [-0.25, -0.2) is 0 Å². The number of carbonyl (C=O) groups excluding carboxylic acids is 3. The largest absolute Gasteiger partial charge is 0.452 e. The first kappa shape index (κ1) is 21.8. The van der Waals surface area contributed by atoms with E-state index in [1.807, 2.05) is 18.2 Å². The summed E-state index contributed by atoms with van der Waals surface area (Å²) in [5.41, 5.74) is 2.10. The highest BCUT2D eigenvalue weighted by Crippen LogP contribution is 2.21. The molecule has 1 atom stereocenters. The second kappa shape index (κ2) is 10.7. The molecule has 2 aromatic carbocycles. The average molecular weight is 421 g/mol. The highest BCUT2D eigenvalue weighted by Gasteiger charge is 2.18. The SMILES string of the molecule is CC(=O)Nc1ccc(NC(=O)[C@@H](C)OC(=O)CSCc2ccccc2Cl)cc1. The summed E-state index contributed by atoms with van der Waals surface area (Å²) in [5.74, 6) is -0.383. The van der Waals surface area contributed by atoms with E-state index in [2.05, 4.69) is 10.6 Å². The average Bonchev–Trinajstić information content (AvgIpc) is 2.64. The van der Waals surface area contributed by atoms with Gasteiger partial charge in [0.05, 0.1) is 5.75 Å². The number of amides is 2. The van der Waals surface area contributed by atoms with E-state index in [9.17, 15) is 14.4 Å². The van der Waals surface area contributed by atoms with E-state index in [1.54, 1.807) is 30.3 Å². The Labute approximate surface area is 173 Å². The molecule has 6 nitrogen and oxygen atoms in total. The van der Waals surface area contributed by atoms with Crippen LogP contribution >= 0.6 is 23.4 Å². The van der Waals surface area contributed by atoms with Gasteiger partial charge in [-0.2, -0.15) is 0 Å². The van der Waals surface area contributed by atoms with Crippen LogP contribution in [0.4, 0.5) is 11.4 Å². The molecule has 0 fully saturated rings. The Morgan fingerprint density at radius 2 is 1.64 bits per heavy atom. The predicted molar refractivity (Wildman–Crippen MR) is 113 cm³/mol. The lowest BCUT2D eigenvalue weighted by atomic mass is 10.2. The van der Waals surface area contributed by atoms with Gasteiger partial charge in [0, 0.05) is 29.1 Å². The summed E-state index contributed by atoms with van der Waals surface area (Å²) in [5, 5.41) is 5.95. The molecule has 8 heteroatoms. The minimum atomic E-state index is -0.927. The molecule has 0 saturated heterocycles. The van der Waals surface area contributed by atoms with Crippen molar-refractivity contribution in [3.63, 3.8) is 0 Å². The number of benzene rings is 2. The van der Waals surface area contributed by atoms with Crippen LogP contribution in [0.2, 0.25) is 5.02 Å².